The molecule has 0 atom stereocenters. The Kier molecular flexibility index (Phi) is 34.8. The lowest BCUT2D eigenvalue weighted by molar-refractivity contribution is -0.135. The maximum Gasteiger partial charge on any atom is 0.300 e. The zero-order valence-electron chi connectivity index (χ0n) is 12.1. The van der Waals surface area contributed by atoms with E-state index < -0.39 is 17.9 Å². The number of aliphatic carboxylic acids is 3. The van der Waals surface area contributed by atoms with Gasteiger partial charge in [-0.2, -0.15) is 0 Å². The fourth-order valence-electron chi connectivity index (χ4n) is 0.431. The summed E-state index contributed by atoms with van der Waals surface area (Å²) >= 11 is 0. The number of hydrogen-bond acceptors (Lipinski definition) is 6. The van der Waals surface area contributed by atoms with E-state index in [2.05, 4.69) is 5.32 Å². The van der Waals surface area contributed by atoms with Crippen molar-refractivity contribution < 1.29 is 34.8 Å². The summed E-state index contributed by atoms with van der Waals surface area (Å²) in [7, 11) is 0. The molecule has 0 aliphatic rings. The Hall–Kier alpha value is -1.71. The second-order valence-electron chi connectivity index (χ2n) is 3.17. The molecule has 7 N–H and O–H groups in total. The van der Waals surface area contributed by atoms with Crippen molar-refractivity contribution >= 4 is 17.9 Å². The van der Waals surface area contributed by atoms with Crippen molar-refractivity contribution in [2.75, 3.05) is 26.2 Å². The van der Waals surface area contributed by atoms with Gasteiger partial charge in [0.25, 0.3) is 17.9 Å². The molecule has 0 spiro atoms. The molecule has 0 unspecified atom stereocenters. The maximum absolute atomic E-state index is 9.00. The molecule has 0 bridgehead atoms. The molecule has 0 saturated heterocycles. The van der Waals surface area contributed by atoms with Crippen LogP contribution in [0.4, 0.5) is 0 Å². The highest BCUT2D eigenvalue weighted by atomic mass is 16.4. The van der Waals surface area contributed by atoms with Gasteiger partial charge in [0.05, 0.1) is 6.61 Å². The molecule has 0 aromatic rings. The largest absolute Gasteiger partial charge is 0.481 e. The van der Waals surface area contributed by atoms with E-state index in [0.29, 0.717) is 6.54 Å². The van der Waals surface area contributed by atoms with E-state index in [1.165, 1.54) is 0 Å². The van der Waals surface area contributed by atoms with E-state index in [9.17, 15) is 0 Å². The first-order valence-corrected chi connectivity index (χ1v) is 5.71. The number of nitrogens with two attached hydrogens (primary N) is 1. The summed E-state index contributed by atoms with van der Waals surface area (Å²) in [5.74, 6) is -2.50. The van der Waals surface area contributed by atoms with E-state index >= 15 is 0 Å². The third-order valence-electron chi connectivity index (χ3n) is 0.846. The molecule has 9 nitrogen and oxygen atoms in total. The Bertz CT molecular complexity index is 188. The average molecular weight is 298 g/mol. The topological polar surface area (TPSA) is 170 Å². The summed E-state index contributed by atoms with van der Waals surface area (Å²) in [6, 6.07) is 0. The molecule has 0 amide bonds. The summed E-state index contributed by atoms with van der Waals surface area (Å²) < 4.78 is 0. The molecule has 20 heavy (non-hydrogen) atoms. The van der Waals surface area contributed by atoms with Crippen molar-refractivity contribution in [1.29, 1.82) is 0 Å². The third kappa shape index (κ3) is 352. The Morgan fingerprint density at radius 3 is 1.40 bits per heavy atom. The molecule has 0 heterocycles. The van der Waals surface area contributed by atoms with Gasteiger partial charge >= 0.3 is 0 Å². The monoisotopic (exact) mass is 298 g/mol. The van der Waals surface area contributed by atoms with Crippen molar-refractivity contribution in [2.45, 2.75) is 27.2 Å². The summed E-state index contributed by atoms with van der Waals surface area (Å²) in [5.41, 5.74) is 5.21. The van der Waals surface area contributed by atoms with Crippen molar-refractivity contribution in [3.8, 4) is 0 Å². The van der Waals surface area contributed by atoms with Crippen LogP contribution in [0, 0.1) is 0 Å². The van der Waals surface area contributed by atoms with Gasteiger partial charge in [-0.15, -0.1) is 0 Å². The molecular weight excluding hydrogens is 272 g/mol. The summed E-state index contributed by atoms with van der Waals surface area (Å²) in [4.78, 5) is 27.0. The number of rotatable bonds is 5. The molecule has 0 aliphatic heterocycles. The van der Waals surface area contributed by atoms with Crippen LogP contribution in [0.5, 0.6) is 0 Å². The van der Waals surface area contributed by atoms with E-state index in [4.69, 9.17) is 40.5 Å². The highest BCUT2D eigenvalue weighted by molar-refractivity contribution is 5.63. The zero-order valence-corrected chi connectivity index (χ0v) is 12.1. The maximum atomic E-state index is 9.00. The van der Waals surface area contributed by atoms with Crippen LogP contribution in [0.2, 0.25) is 0 Å². The molecule has 0 aromatic heterocycles. The Balaban J connectivity index is -0.0000000917. The van der Waals surface area contributed by atoms with Crippen molar-refractivity contribution in [3.63, 3.8) is 0 Å². The van der Waals surface area contributed by atoms with Crippen molar-refractivity contribution in [2.24, 2.45) is 5.73 Å². The smallest absolute Gasteiger partial charge is 0.300 e. The lowest BCUT2D eigenvalue weighted by atomic mass is 10.4. The van der Waals surface area contributed by atoms with Gasteiger partial charge in [-0.3, -0.25) is 14.4 Å². The van der Waals surface area contributed by atoms with Gasteiger partial charge in [0, 0.05) is 27.3 Å². The van der Waals surface area contributed by atoms with Crippen molar-refractivity contribution in [1.82, 2.24) is 5.32 Å². The van der Waals surface area contributed by atoms with Gasteiger partial charge in [0.15, 0.2) is 0 Å². The third-order valence-corrected chi connectivity index (χ3v) is 0.846. The number of carboxylic acids is 3. The van der Waals surface area contributed by atoms with Crippen LogP contribution in [0.1, 0.15) is 27.2 Å². The summed E-state index contributed by atoms with van der Waals surface area (Å²) in [6.07, 6.45) is 0.986. The van der Waals surface area contributed by atoms with E-state index in [-0.39, 0.29) is 6.61 Å². The van der Waals surface area contributed by atoms with Gasteiger partial charge in [0.1, 0.15) is 0 Å². The SMILES string of the molecule is CC(=O)O.CC(=O)O.CC(=O)O.NCCCNCCO. The van der Waals surface area contributed by atoms with Crippen molar-refractivity contribution in [3.05, 3.63) is 0 Å². The van der Waals surface area contributed by atoms with Crippen LogP contribution < -0.4 is 11.1 Å². The fourth-order valence-corrected chi connectivity index (χ4v) is 0.431. The molecule has 0 aromatic carbocycles. The minimum Gasteiger partial charge on any atom is -0.481 e. The number of nitrogens with one attached hydrogen (secondary N) is 1. The Labute approximate surface area is 118 Å². The van der Waals surface area contributed by atoms with Crippen LogP contribution in [0.15, 0.2) is 0 Å². The highest BCUT2D eigenvalue weighted by Crippen LogP contribution is 1.66. The molecule has 9 heteroatoms. The molecule has 0 fully saturated rings. The molecule has 0 saturated carbocycles. The fraction of sp³-hybridized carbons (Fsp3) is 0.727. The summed E-state index contributed by atoms with van der Waals surface area (Å²) in [5, 5.41) is 33.5. The van der Waals surface area contributed by atoms with Crippen LogP contribution in [0.25, 0.3) is 0 Å². The predicted molar refractivity (Wildman–Crippen MR) is 73.6 cm³/mol. The van der Waals surface area contributed by atoms with Gasteiger partial charge in [0.2, 0.25) is 0 Å². The minimum absolute atomic E-state index is 0.213. The molecular formula is C11H26N2O7. The highest BCUT2D eigenvalue weighted by Gasteiger charge is 1.81. The summed E-state index contributed by atoms with van der Waals surface area (Å²) in [6.45, 7) is 5.78. The lowest BCUT2D eigenvalue weighted by Gasteiger charge is -1.97. The second kappa shape index (κ2) is 26.0. The molecule has 122 valence electrons. The first kappa shape index (κ1) is 26.8. The second-order valence-corrected chi connectivity index (χ2v) is 3.17. The van der Waals surface area contributed by atoms with Gasteiger partial charge in [-0.05, 0) is 19.5 Å². The van der Waals surface area contributed by atoms with Gasteiger partial charge < -0.3 is 31.5 Å². The van der Waals surface area contributed by atoms with Crippen LogP contribution >= 0.6 is 0 Å². The number of carbonyl (C=O) groups is 3. The number of aliphatic hydroxyl groups is 1. The average Bonchev–Trinajstić information content (AvgIpc) is 2.22. The standard InChI is InChI=1S/C5H14N2O.3C2H4O2/c6-2-1-3-7-4-5-8;3*1-2(3)4/h7-8H,1-6H2;3*1H3,(H,3,4). The first-order valence-electron chi connectivity index (χ1n) is 5.71. The number of carboxylic acid groups (broad SMARTS) is 3. The quantitative estimate of drug-likeness (QED) is 0.355. The van der Waals surface area contributed by atoms with E-state index in [0.717, 1.165) is 40.3 Å². The molecule has 0 radical (unpaired) electrons. The van der Waals surface area contributed by atoms with E-state index in [1.54, 1.807) is 0 Å². The van der Waals surface area contributed by atoms with Crippen LogP contribution in [0.3, 0.4) is 0 Å². The number of hydrogen-bond donors (Lipinski definition) is 6. The molecule has 0 rings (SSSR count). The number of aliphatic hydroxyl groups excluding tert-OH is 1. The molecule has 0 aliphatic carbocycles. The van der Waals surface area contributed by atoms with Crippen LogP contribution in [-0.4, -0.2) is 64.6 Å². The predicted octanol–water partition coefficient (Wildman–Crippen LogP) is -0.810. The van der Waals surface area contributed by atoms with Gasteiger partial charge in [-0.1, -0.05) is 0 Å². The van der Waals surface area contributed by atoms with Crippen LogP contribution in [-0.2, 0) is 14.4 Å². The normalized spacial score (nSPS) is 7.65. The lowest BCUT2D eigenvalue weighted by Crippen LogP contribution is -2.21. The zero-order chi connectivity index (χ0) is 17.0. The Morgan fingerprint density at radius 1 is 0.900 bits per heavy atom. The first-order chi connectivity index (χ1) is 9.11. The Morgan fingerprint density at radius 2 is 1.20 bits per heavy atom. The van der Waals surface area contributed by atoms with E-state index in [1.807, 2.05) is 0 Å². The minimum atomic E-state index is -0.833. The van der Waals surface area contributed by atoms with Gasteiger partial charge in [-0.25, -0.2) is 0 Å².